The molecule has 0 amide bonds. The van der Waals surface area contributed by atoms with Gasteiger partial charge in [-0.2, -0.15) is 0 Å². The predicted octanol–water partition coefficient (Wildman–Crippen LogP) is 4.64. The van der Waals surface area contributed by atoms with Crippen LogP contribution in [0.25, 0.3) is 6.08 Å². The van der Waals surface area contributed by atoms with Crippen molar-refractivity contribution in [2.24, 2.45) is 0 Å². The van der Waals surface area contributed by atoms with E-state index in [2.05, 4.69) is 27.0 Å². The van der Waals surface area contributed by atoms with E-state index in [1.165, 1.54) is 18.4 Å². The van der Waals surface area contributed by atoms with Crippen molar-refractivity contribution in [3.05, 3.63) is 54.6 Å². The third-order valence-corrected chi connectivity index (χ3v) is 2.69. The summed E-state index contributed by atoms with van der Waals surface area (Å²) >= 11 is 0. The molecule has 0 radical (unpaired) electrons. The summed E-state index contributed by atoms with van der Waals surface area (Å²) in [6, 6.07) is 10.0. The highest BCUT2D eigenvalue weighted by Gasteiger charge is 2.24. The second-order valence-electron chi connectivity index (χ2n) is 4.95. The van der Waals surface area contributed by atoms with Gasteiger partial charge in [0.25, 0.3) is 0 Å². The molecule has 1 fully saturated rings. The van der Waals surface area contributed by atoms with Crippen molar-refractivity contribution in [1.29, 1.82) is 0 Å². The fourth-order valence-electron chi connectivity index (χ4n) is 1.05. The molecule has 1 saturated heterocycles. The van der Waals surface area contributed by atoms with Crippen LogP contribution < -0.4 is 0 Å². The van der Waals surface area contributed by atoms with E-state index in [9.17, 15) is 4.79 Å². The number of epoxide rings is 1. The third kappa shape index (κ3) is 11.9. The van der Waals surface area contributed by atoms with Gasteiger partial charge in [-0.05, 0) is 12.5 Å². The van der Waals surface area contributed by atoms with Crippen molar-refractivity contribution in [2.75, 3.05) is 13.2 Å². The summed E-state index contributed by atoms with van der Waals surface area (Å²) in [7, 11) is 0. The van der Waals surface area contributed by atoms with Crippen LogP contribution in [0.5, 0.6) is 0 Å². The van der Waals surface area contributed by atoms with Crippen LogP contribution in [0.3, 0.4) is 0 Å². The van der Waals surface area contributed by atoms with Gasteiger partial charge in [0.1, 0.15) is 12.7 Å². The zero-order chi connectivity index (χ0) is 16.8. The standard InChI is InChI=1S/C8H8.C7H10O3.C4H10/c1-2-8-6-4-3-5-7-8;1-5(2)7(8)10-4-6-3-9-6;1-3-4-2/h2-7H,1H2;6H,1,3-4H2,2H3;3-4H2,1-2H3. The second-order valence-corrected chi connectivity index (χ2v) is 4.95. The molecule has 1 unspecified atom stereocenters. The lowest BCUT2D eigenvalue weighted by molar-refractivity contribution is -0.139. The van der Waals surface area contributed by atoms with E-state index in [0.717, 1.165) is 0 Å². The van der Waals surface area contributed by atoms with Crippen molar-refractivity contribution >= 4 is 12.0 Å². The maximum atomic E-state index is 10.7. The summed E-state index contributed by atoms with van der Waals surface area (Å²) in [6.07, 6.45) is 4.61. The molecule has 3 heteroatoms. The van der Waals surface area contributed by atoms with E-state index in [1.807, 2.05) is 36.4 Å². The van der Waals surface area contributed by atoms with Crippen LogP contribution >= 0.6 is 0 Å². The average molecular weight is 304 g/mol. The fourth-order valence-corrected chi connectivity index (χ4v) is 1.05. The van der Waals surface area contributed by atoms with Gasteiger partial charge in [-0.3, -0.25) is 0 Å². The number of hydrogen-bond acceptors (Lipinski definition) is 3. The first-order chi connectivity index (χ1) is 10.5. The Morgan fingerprint density at radius 2 is 1.86 bits per heavy atom. The summed E-state index contributed by atoms with van der Waals surface area (Å²) in [5, 5.41) is 0. The summed E-state index contributed by atoms with van der Waals surface area (Å²) in [5.74, 6) is -0.337. The molecule has 0 bridgehead atoms. The molecule has 22 heavy (non-hydrogen) atoms. The van der Waals surface area contributed by atoms with Crippen LogP contribution in [0.4, 0.5) is 0 Å². The largest absolute Gasteiger partial charge is 0.459 e. The van der Waals surface area contributed by atoms with Gasteiger partial charge in [0, 0.05) is 5.57 Å². The van der Waals surface area contributed by atoms with Gasteiger partial charge in [-0.1, -0.05) is 76.3 Å². The SMILES string of the molecule is C=C(C)C(=O)OCC1CO1.C=Cc1ccccc1.CCCC. The third-order valence-electron chi connectivity index (χ3n) is 2.69. The van der Waals surface area contributed by atoms with Crippen molar-refractivity contribution in [3.63, 3.8) is 0 Å². The normalized spacial score (nSPS) is 14.4. The lowest BCUT2D eigenvalue weighted by Gasteiger charge is -1.99. The number of carbonyl (C=O) groups is 1. The highest BCUT2D eigenvalue weighted by Crippen LogP contribution is 2.09. The Morgan fingerprint density at radius 3 is 2.18 bits per heavy atom. The van der Waals surface area contributed by atoms with Gasteiger partial charge in [0.2, 0.25) is 0 Å². The minimum Gasteiger partial charge on any atom is -0.459 e. The first-order valence-corrected chi connectivity index (χ1v) is 7.66. The lowest BCUT2D eigenvalue weighted by Crippen LogP contribution is -2.09. The van der Waals surface area contributed by atoms with Gasteiger partial charge in [-0.25, -0.2) is 4.79 Å². The Balaban J connectivity index is 0.000000330. The lowest BCUT2D eigenvalue weighted by atomic mass is 10.2. The molecule has 122 valence electrons. The Hall–Kier alpha value is -1.87. The molecule has 1 aliphatic heterocycles. The molecule has 1 aromatic rings. The quantitative estimate of drug-likeness (QED) is 0.452. The highest BCUT2D eigenvalue weighted by molar-refractivity contribution is 5.86. The smallest absolute Gasteiger partial charge is 0.333 e. The Labute approximate surface area is 134 Å². The summed E-state index contributed by atoms with van der Waals surface area (Å²) in [4.78, 5) is 10.7. The second kappa shape index (κ2) is 12.8. The molecule has 0 saturated carbocycles. The molecular formula is C19H28O3. The minimum atomic E-state index is -0.337. The van der Waals surface area contributed by atoms with Crippen LogP contribution in [-0.4, -0.2) is 25.3 Å². The van der Waals surface area contributed by atoms with Crippen LogP contribution in [-0.2, 0) is 14.3 Å². The molecule has 0 spiro atoms. The van der Waals surface area contributed by atoms with E-state index in [4.69, 9.17) is 9.47 Å². The van der Waals surface area contributed by atoms with Crippen LogP contribution in [0.15, 0.2) is 49.1 Å². The predicted molar refractivity (Wildman–Crippen MR) is 92.6 cm³/mol. The van der Waals surface area contributed by atoms with Crippen LogP contribution in [0, 0.1) is 0 Å². The maximum absolute atomic E-state index is 10.7. The monoisotopic (exact) mass is 304 g/mol. The molecule has 0 aromatic heterocycles. The Morgan fingerprint density at radius 1 is 1.32 bits per heavy atom. The molecule has 3 nitrogen and oxygen atoms in total. The molecule has 1 aliphatic rings. The van der Waals surface area contributed by atoms with Gasteiger partial charge >= 0.3 is 5.97 Å². The number of ether oxygens (including phenoxy) is 2. The molecule has 1 aromatic carbocycles. The van der Waals surface area contributed by atoms with E-state index in [1.54, 1.807) is 6.92 Å². The molecule has 2 rings (SSSR count). The van der Waals surface area contributed by atoms with E-state index in [-0.39, 0.29) is 12.1 Å². The molecule has 1 atom stereocenters. The van der Waals surface area contributed by atoms with Gasteiger partial charge < -0.3 is 9.47 Å². The van der Waals surface area contributed by atoms with Crippen LogP contribution in [0.2, 0.25) is 0 Å². The molecule has 0 N–H and O–H groups in total. The van der Waals surface area contributed by atoms with Gasteiger partial charge in [0.15, 0.2) is 0 Å². The van der Waals surface area contributed by atoms with Crippen LogP contribution in [0.1, 0.15) is 39.2 Å². The maximum Gasteiger partial charge on any atom is 0.333 e. The highest BCUT2D eigenvalue weighted by atomic mass is 16.6. The number of rotatable bonds is 5. The summed E-state index contributed by atoms with van der Waals surface area (Å²) in [5.41, 5.74) is 1.60. The zero-order valence-electron chi connectivity index (χ0n) is 14.0. The topological polar surface area (TPSA) is 38.8 Å². The average Bonchev–Trinajstić information content (AvgIpc) is 3.38. The molecule has 1 heterocycles. The van der Waals surface area contributed by atoms with E-state index in [0.29, 0.717) is 18.8 Å². The van der Waals surface area contributed by atoms with Gasteiger partial charge in [-0.15, -0.1) is 0 Å². The van der Waals surface area contributed by atoms with Gasteiger partial charge in [0.05, 0.1) is 6.61 Å². The summed E-state index contributed by atoms with van der Waals surface area (Å²) < 4.78 is 9.60. The van der Waals surface area contributed by atoms with E-state index < -0.39 is 0 Å². The van der Waals surface area contributed by atoms with E-state index >= 15 is 0 Å². The first-order valence-electron chi connectivity index (χ1n) is 7.66. The minimum absolute atomic E-state index is 0.142. The molecular weight excluding hydrogens is 276 g/mol. The number of hydrogen-bond donors (Lipinski definition) is 0. The fraction of sp³-hybridized carbons (Fsp3) is 0.421. The Bertz CT molecular complexity index is 431. The van der Waals surface area contributed by atoms with Crippen molar-refractivity contribution in [1.82, 2.24) is 0 Å². The van der Waals surface area contributed by atoms with Crippen molar-refractivity contribution < 1.29 is 14.3 Å². The zero-order valence-corrected chi connectivity index (χ0v) is 14.0. The Kier molecular flexibility index (Phi) is 11.7. The van der Waals surface area contributed by atoms with Crippen molar-refractivity contribution in [3.8, 4) is 0 Å². The number of carbonyl (C=O) groups excluding carboxylic acids is 1. The molecule has 0 aliphatic carbocycles. The number of benzene rings is 1. The first kappa shape index (κ1) is 20.1. The van der Waals surface area contributed by atoms with Crippen molar-refractivity contribution in [2.45, 2.75) is 39.7 Å². The number of esters is 1. The number of unbranched alkanes of at least 4 members (excludes halogenated alkanes) is 1. The summed E-state index contributed by atoms with van der Waals surface area (Å²) in [6.45, 7) is 14.1.